The van der Waals surface area contributed by atoms with E-state index in [9.17, 15) is 0 Å². The average Bonchev–Trinajstić information content (AvgIpc) is 2.52. The zero-order chi connectivity index (χ0) is 16.7. The molecule has 0 amide bonds. The maximum absolute atomic E-state index is 6.10. The van der Waals surface area contributed by atoms with E-state index in [1.165, 1.54) is 56.7 Å². The van der Waals surface area contributed by atoms with Gasteiger partial charge in [-0.3, -0.25) is 0 Å². The predicted molar refractivity (Wildman–Crippen MR) is 96.4 cm³/mol. The van der Waals surface area contributed by atoms with Crippen LogP contribution in [0.4, 0.5) is 0 Å². The zero-order valence-electron chi connectivity index (χ0n) is 15.6. The largest absolute Gasteiger partial charge is 0.493 e. The van der Waals surface area contributed by atoms with E-state index in [0.717, 1.165) is 18.8 Å². The monoisotopic (exact) mass is 320 g/mol. The van der Waals surface area contributed by atoms with Gasteiger partial charge in [0.2, 0.25) is 0 Å². The lowest BCUT2D eigenvalue weighted by Gasteiger charge is -2.23. The second-order valence-electron chi connectivity index (χ2n) is 8.02. The van der Waals surface area contributed by atoms with E-state index in [1.807, 2.05) is 0 Å². The summed E-state index contributed by atoms with van der Waals surface area (Å²) in [7, 11) is 0. The fourth-order valence-electron chi connectivity index (χ4n) is 3.32. The van der Waals surface area contributed by atoms with Crippen LogP contribution in [-0.2, 0) is 5.41 Å². The van der Waals surface area contributed by atoms with E-state index in [-0.39, 0.29) is 5.41 Å². The smallest absolute Gasteiger partial charge is 0.127 e. The Labute approximate surface area is 142 Å². The number of rotatable bonds is 7. The number of aryl methyl sites for hydroxylation is 1. The van der Waals surface area contributed by atoms with E-state index < -0.39 is 0 Å². The van der Waals surface area contributed by atoms with Crippen molar-refractivity contribution in [3.05, 3.63) is 29.3 Å². The number of benzene rings is 1. The molecule has 3 heteroatoms. The fourth-order valence-corrected chi connectivity index (χ4v) is 3.32. The molecule has 1 aliphatic rings. The quantitative estimate of drug-likeness (QED) is 0.729. The number of hydrogen-bond donors (Lipinski definition) is 2. The summed E-state index contributed by atoms with van der Waals surface area (Å²) >= 11 is 0. The van der Waals surface area contributed by atoms with Crippen molar-refractivity contribution in [2.45, 2.75) is 52.4 Å². The second kappa shape index (κ2) is 8.70. The molecule has 3 N–H and O–H groups in total. The number of hydrogen-bond acceptors (Lipinski definition) is 1. The third-order valence-electron chi connectivity index (χ3n) is 4.78. The van der Waals surface area contributed by atoms with Crippen molar-refractivity contribution >= 4 is 0 Å². The van der Waals surface area contributed by atoms with Gasteiger partial charge in [-0.15, -0.1) is 0 Å². The summed E-state index contributed by atoms with van der Waals surface area (Å²) in [5.41, 5.74) is 2.77. The Kier molecular flexibility index (Phi) is 6.91. The number of nitrogens with one attached hydrogen (secondary N) is 1. The van der Waals surface area contributed by atoms with Gasteiger partial charge in [0.1, 0.15) is 31.9 Å². The molecule has 0 aromatic heterocycles. The van der Waals surface area contributed by atoms with Crippen molar-refractivity contribution in [3.8, 4) is 5.75 Å². The van der Waals surface area contributed by atoms with Crippen LogP contribution in [0.5, 0.6) is 5.75 Å². The molecule has 1 heterocycles. The Hall–Kier alpha value is -1.06. The summed E-state index contributed by atoms with van der Waals surface area (Å²) in [6, 6.07) is 6.57. The number of ether oxygens (including phenoxy) is 1. The van der Waals surface area contributed by atoms with E-state index >= 15 is 0 Å². The van der Waals surface area contributed by atoms with Crippen LogP contribution in [0.15, 0.2) is 18.2 Å². The van der Waals surface area contributed by atoms with Crippen LogP contribution >= 0.6 is 0 Å². The Morgan fingerprint density at radius 1 is 1.09 bits per heavy atom. The third kappa shape index (κ3) is 6.15. The summed E-state index contributed by atoms with van der Waals surface area (Å²) in [5, 5.41) is 2.44. The first kappa shape index (κ1) is 18.3. The van der Waals surface area contributed by atoms with Gasteiger partial charge in [-0.2, -0.15) is 0 Å². The molecule has 1 saturated heterocycles. The fraction of sp³-hybridized carbons (Fsp3) is 0.700. The first-order valence-electron chi connectivity index (χ1n) is 9.36. The summed E-state index contributed by atoms with van der Waals surface area (Å²) in [6.07, 6.45) is 3.78. The van der Waals surface area contributed by atoms with Crippen LogP contribution in [0.2, 0.25) is 0 Å². The van der Waals surface area contributed by atoms with E-state index in [0.29, 0.717) is 0 Å². The molecule has 0 bridgehead atoms. The SMILES string of the molecule is Cc1ccc(OCCCCC[NH+]2CC[NH2+]CC2)c(C(C)(C)C)c1. The van der Waals surface area contributed by atoms with Crippen LogP contribution in [0.3, 0.4) is 0 Å². The lowest BCUT2D eigenvalue weighted by Crippen LogP contribution is -3.20. The molecule has 2 rings (SSSR count). The van der Waals surface area contributed by atoms with Gasteiger partial charge in [-0.1, -0.05) is 38.5 Å². The van der Waals surface area contributed by atoms with Crippen molar-refractivity contribution in [1.82, 2.24) is 0 Å². The molecule has 1 aliphatic heterocycles. The minimum Gasteiger partial charge on any atom is -0.493 e. The third-order valence-corrected chi connectivity index (χ3v) is 4.78. The minimum absolute atomic E-state index is 0.135. The van der Waals surface area contributed by atoms with Gasteiger partial charge < -0.3 is 15.0 Å². The van der Waals surface area contributed by atoms with Crippen molar-refractivity contribution < 1.29 is 15.0 Å². The predicted octanol–water partition coefficient (Wildman–Crippen LogP) is 1.30. The molecule has 0 aliphatic carbocycles. The zero-order valence-corrected chi connectivity index (χ0v) is 15.6. The molecule has 0 radical (unpaired) electrons. The van der Waals surface area contributed by atoms with Crippen LogP contribution < -0.4 is 15.0 Å². The Balaban J connectivity index is 1.70. The Bertz CT molecular complexity index is 473. The maximum atomic E-state index is 6.10. The molecular formula is C20H36N2O+2. The van der Waals surface area contributed by atoms with Gasteiger partial charge in [0.15, 0.2) is 0 Å². The van der Waals surface area contributed by atoms with E-state index in [4.69, 9.17) is 4.74 Å². The topological polar surface area (TPSA) is 30.3 Å². The van der Waals surface area contributed by atoms with Gasteiger partial charge >= 0.3 is 0 Å². The highest BCUT2D eigenvalue weighted by molar-refractivity contribution is 5.41. The number of unbranched alkanes of at least 4 members (excludes halogenated alkanes) is 2. The average molecular weight is 321 g/mol. The Morgan fingerprint density at radius 3 is 2.52 bits per heavy atom. The molecule has 0 spiro atoms. The number of quaternary nitrogens is 2. The van der Waals surface area contributed by atoms with Crippen molar-refractivity contribution in [1.29, 1.82) is 0 Å². The van der Waals surface area contributed by atoms with Gasteiger partial charge in [0, 0.05) is 0 Å². The maximum Gasteiger partial charge on any atom is 0.127 e. The highest BCUT2D eigenvalue weighted by Crippen LogP contribution is 2.32. The van der Waals surface area contributed by atoms with Crippen LogP contribution in [0.25, 0.3) is 0 Å². The van der Waals surface area contributed by atoms with Crippen LogP contribution in [0.1, 0.15) is 51.2 Å². The normalized spacial score (nSPS) is 16.5. The lowest BCUT2D eigenvalue weighted by atomic mass is 9.85. The summed E-state index contributed by atoms with van der Waals surface area (Å²) in [6.45, 7) is 16.4. The van der Waals surface area contributed by atoms with E-state index in [1.54, 1.807) is 4.90 Å². The summed E-state index contributed by atoms with van der Waals surface area (Å²) < 4.78 is 6.10. The molecule has 130 valence electrons. The van der Waals surface area contributed by atoms with Gasteiger partial charge in [0.25, 0.3) is 0 Å². The standard InChI is InChI=1S/C20H34N2O/c1-17-8-9-19(18(16-17)20(2,3)4)23-15-7-5-6-12-22-13-10-21-11-14-22/h8-9,16,21H,5-7,10-15H2,1-4H3/p+2. The first-order chi connectivity index (χ1) is 11.0. The number of nitrogens with two attached hydrogens (primary N) is 1. The molecule has 23 heavy (non-hydrogen) atoms. The molecule has 1 aromatic carbocycles. The molecule has 0 saturated carbocycles. The second-order valence-corrected chi connectivity index (χ2v) is 8.02. The Morgan fingerprint density at radius 2 is 1.83 bits per heavy atom. The van der Waals surface area contributed by atoms with Crippen LogP contribution in [-0.4, -0.2) is 39.3 Å². The highest BCUT2D eigenvalue weighted by Gasteiger charge is 2.19. The van der Waals surface area contributed by atoms with Gasteiger partial charge in [-0.25, -0.2) is 0 Å². The van der Waals surface area contributed by atoms with Crippen LogP contribution in [0, 0.1) is 6.92 Å². The molecule has 0 unspecified atom stereocenters. The molecule has 0 atom stereocenters. The van der Waals surface area contributed by atoms with Crippen molar-refractivity contribution in [2.75, 3.05) is 39.3 Å². The molecule has 1 aromatic rings. The summed E-state index contributed by atoms with van der Waals surface area (Å²) in [4.78, 5) is 1.79. The van der Waals surface area contributed by atoms with Crippen molar-refractivity contribution in [2.24, 2.45) is 0 Å². The molecule has 1 fully saturated rings. The molecule has 3 nitrogen and oxygen atoms in total. The summed E-state index contributed by atoms with van der Waals surface area (Å²) in [5.74, 6) is 1.07. The highest BCUT2D eigenvalue weighted by atomic mass is 16.5. The van der Waals surface area contributed by atoms with E-state index in [2.05, 4.69) is 51.2 Å². The lowest BCUT2D eigenvalue weighted by molar-refractivity contribution is -0.946. The van der Waals surface area contributed by atoms with Gasteiger partial charge in [-0.05, 0) is 43.2 Å². The minimum atomic E-state index is 0.135. The van der Waals surface area contributed by atoms with Crippen molar-refractivity contribution in [3.63, 3.8) is 0 Å². The first-order valence-corrected chi connectivity index (χ1v) is 9.36. The van der Waals surface area contributed by atoms with Gasteiger partial charge in [0.05, 0.1) is 13.2 Å². The molecular weight excluding hydrogens is 284 g/mol. The number of piperazine rings is 1.